The minimum atomic E-state index is -0.685. The van der Waals surface area contributed by atoms with E-state index in [0.29, 0.717) is 13.2 Å². The van der Waals surface area contributed by atoms with Gasteiger partial charge < -0.3 is 19.7 Å². The second kappa shape index (κ2) is 8.84. The molecule has 1 amide bonds. The number of nitrogens with one attached hydrogen (secondary N) is 1. The Kier molecular flexibility index (Phi) is 7.40. The number of amides is 1. The van der Waals surface area contributed by atoms with E-state index in [1.165, 1.54) is 0 Å². The van der Waals surface area contributed by atoms with E-state index < -0.39 is 12.0 Å². The van der Waals surface area contributed by atoms with Gasteiger partial charge in [-0.25, -0.2) is 0 Å². The smallest absolute Gasteiger partial charge is 0.262 e. The lowest BCUT2D eigenvalue weighted by Crippen LogP contribution is -2.39. The number of methoxy groups -OCH3 is 1. The Morgan fingerprint density at radius 1 is 1.48 bits per heavy atom. The van der Waals surface area contributed by atoms with Crippen LogP contribution in [0.1, 0.15) is 37.7 Å². The molecule has 0 spiro atoms. The van der Waals surface area contributed by atoms with E-state index in [-0.39, 0.29) is 17.5 Å². The van der Waals surface area contributed by atoms with Crippen LogP contribution in [0.5, 0.6) is 0 Å². The predicted octanol–water partition coefficient (Wildman–Crippen LogP) is 2.18. The van der Waals surface area contributed by atoms with Crippen molar-refractivity contribution in [3.05, 3.63) is 28.6 Å². The summed E-state index contributed by atoms with van der Waals surface area (Å²) >= 11 is 0. The monoisotopic (exact) mass is 347 g/mol. The number of aliphatic hydroxyl groups is 1. The molecule has 1 unspecified atom stereocenters. The fraction of sp³-hybridized carbons (Fsp3) is 0.579. The molecule has 6 heteroatoms. The van der Waals surface area contributed by atoms with Gasteiger partial charge in [-0.05, 0) is 37.0 Å². The molecule has 0 aliphatic heterocycles. The van der Waals surface area contributed by atoms with Gasteiger partial charge in [0.25, 0.3) is 5.91 Å². The highest BCUT2D eigenvalue weighted by atomic mass is 16.5. The van der Waals surface area contributed by atoms with Gasteiger partial charge in [-0.1, -0.05) is 20.8 Å². The van der Waals surface area contributed by atoms with Crippen LogP contribution in [0.15, 0.2) is 11.6 Å². The second-order valence-electron chi connectivity index (χ2n) is 7.23. The molecule has 138 valence electrons. The molecule has 1 heterocycles. The normalized spacial score (nSPS) is 13.4. The molecule has 6 nitrogen and oxygen atoms in total. The van der Waals surface area contributed by atoms with Crippen molar-refractivity contribution >= 4 is 12.0 Å². The molecule has 0 aromatic carbocycles. The molecule has 25 heavy (non-hydrogen) atoms. The van der Waals surface area contributed by atoms with Crippen LogP contribution >= 0.6 is 0 Å². The molecule has 0 saturated heterocycles. The molecule has 0 radical (unpaired) electrons. The maximum Gasteiger partial charge on any atom is 0.262 e. The summed E-state index contributed by atoms with van der Waals surface area (Å²) in [5.41, 5.74) is 2.53. The Labute approximate surface area is 150 Å². The maximum absolute atomic E-state index is 12.2. The van der Waals surface area contributed by atoms with E-state index in [0.717, 1.165) is 17.0 Å². The number of hydrogen-bond donors (Lipinski definition) is 2. The van der Waals surface area contributed by atoms with Crippen molar-refractivity contribution in [1.29, 1.82) is 5.26 Å². The van der Waals surface area contributed by atoms with Crippen molar-refractivity contribution in [2.45, 2.75) is 47.3 Å². The molecular formula is C19H29N3O3. The first-order chi connectivity index (χ1) is 11.6. The van der Waals surface area contributed by atoms with Crippen molar-refractivity contribution in [3.8, 4) is 6.07 Å². The van der Waals surface area contributed by atoms with E-state index in [2.05, 4.69) is 9.88 Å². The van der Waals surface area contributed by atoms with E-state index in [9.17, 15) is 15.2 Å². The third-order valence-corrected chi connectivity index (χ3v) is 4.25. The van der Waals surface area contributed by atoms with Crippen LogP contribution in [0.2, 0.25) is 0 Å². The molecule has 0 fully saturated rings. The van der Waals surface area contributed by atoms with Crippen LogP contribution in [0.3, 0.4) is 0 Å². The molecule has 0 aliphatic rings. The zero-order valence-corrected chi connectivity index (χ0v) is 16.0. The number of rotatable bonds is 7. The summed E-state index contributed by atoms with van der Waals surface area (Å²) < 4.78 is 7.20. The van der Waals surface area contributed by atoms with Gasteiger partial charge in [0, 0.05) is 31.6 Å². The first-order valence-corrected chi connectivity index (χ1v) is 8.35. The minimum absolute atomic E-state index is 0.0214. The van der Waals surface area contributed by atoms with Gasteiger partial charge in [0.2, 0.25) is 0 Å². The van der Waals surface area contributed by atoms with Crippen molar-refractivity contribution in [2.24, 2.45) is 5.41 Å². The number of carbonyl (C=O) groups is 1. The Morgan fingerprint density at radius 3 is 2.64 bits per heavy atom. The van der Waals surface area contributed by atoms with Gasteiger partial charge in [0.05, 0.1) is 12.7 Å². The fourth-order valence-electron chi connectivity index (χ4n) is 2.40. The molecule has 1 atom stereocenters. The van der Waals surface area contributed by atoms with E-state index in [4.69, 9.17) is 4.74 Å². The molecule has 1 aromatic rings. The van der Waals surface area contributed by atoms with Gasteiger partial charge >= 0.3 is 0 Å². The van der Waals surface area contributed by atoms with Crippen molar-refractivity contribution in [1.82, 2.24) is 9.88 Å². The lowest BCUT2D eigenvalue weighted by molar-refractivity contribution is -0.117. The largest absolute Gasteiger partial charge is 0.391 e. The maximum atomic E-state index is 12.2. The lowest BCUT2D eigenvalue weighted by atomic mass is 9.89. The number of hydrogen-bond acceptors (Lipinski definition) is 4. The topological polar surface area (TPSA) is 87.3 Å². The molecule has 0 bridgehead atoms. The number of nitrogens with zero attached hydrogens (tertiary/aromatic N) is 2. The van der Waals surface area contributed by atoms with Gasteiger partial charge in [0.15, 0.2) is 0 Å². The summed E-state index contributed by atoms with van der Waals surface area (Å²) in [6.45, 7) is 11.0. The number of ether oxygens (including phenoxy) is 1. The SMILES string of the molecule is COCCn1c(C)cc(/C=C(/C#N)C(=O)NCC(O)C(C)(C)C)c1C. The predicted molar refractivity (Wildman–Crippen MR) is 97.8 cm³/mol. The third-order valence-electron chi connectivity index (χ3n) is 4.25. The number of nitriles is 1. The van der Waals surface area contributed by atoms with Crippen molar-refractivity contribution in [3.63, 3.8) is 0 Å². The molecule has 1 aromatic heterocycles. The quantitative estimate of drug-likeness (QED) is 0.585. The van der Waals surface area contributed by atoms with Crippen LogP contribution in [0.4, 0.5) is 0 Å². The third kappa shape index (κ3) is 5.73. The average Bonchev–Trinajstić information content (AvgIpc) is 2.80. The Morgan fingerprint density at radius 2 is 2.12 bits per heavy atom. The van der Waals surface area contributed by atoms with Crippen molar-refractivity contribution < 1.29 is 14.6 Å². The highest BCUT2D eigenvalue weighted by Crippen LogP contribution is 2.19. The summed E-state index contributed by atoms with van der Waals surface area (Å²) in [5, 5.41) is 22.0. The molecule has 1 rings (SSSR count). The zero-order chi connectivity index (χ0) is 19.2. The van der Waals surface area contributed by atoms with E-state index >= 15 is 0 Å². The summed E-state index contributed by atoms with van der Waals surface area (Å²) in [4.78, 5) is 12.2. The molecule has 0 aliphatic carbocycles. The van der Waals surface area contributed by atoms with Gasteiger partial charge in [-0.3, -0.25) is 4.79 Å². The van der Waals surface area contributed by atoms with Crippen LogP contribution in [-0.4, -0.2) is 41.9 Å². The summed E-state index contributed by atoms with van der Waals surface area (Å²) in [6, 6.07) is 3.89. The lowest BCUT2D eigenvalue weighted by Gasteiger charge is -2.25. The van der Waals surface area contributed by atoms with Crippen LogP contribution in [0.25, 0.3) is 6.08 Å². The number of carbonyl (C=O) groups excluding carboxylic acids is 1. The Hall–Kier alpha value is -2.10. The number of aryl methyl sites for hydroxylation is 1. The van der Waals surface area contributed by atoms with Gasteiger partial charge in [-0.2, -0.15) is 5.26 Å². The number of aromatic nitrogens is 1. The van der Waals surface area contributed by atoms with Crippen LogP contribution < -0.4 is 5.32 Å². The van der Waals surface area contributed by atoms with Crippen molar-refractivity contribution in [2.75, 3.05) is 20.3 Å². The summed E-state index contributed by atoms with van der Waals surface area (Å²) in [6.07, 6.45) is 0.903. The first-order valence-electron chi connectivity index (χ1n) is 8.35. The first kappa shape index (κ1) is 20.9. The Balaban J connectivity index is 2.93. The Bertz CT molecular complexity index is 675. The second-order valence-corrected chi connectivity index (χ2v) is 7.23. The molecular weight excluding hydrogens is 318 g/mol. The highest BCUT2D eigenvalue weighted by molar-refractivity contribution is 6.01. The van der Waals surface area contributed by atoms with Gasteiger partial charge in [0.1, 0.15) is 11.6 Å². The molecule has 0 saturated carbocycles. The standard InChI is InChI=1S/C19H29N3O3/c1-13-9-15(14(2)22(13)7-8-25-6)10-16(11-20)18(24)21-12-17(23)19(3,4)5/h9-10,17,23H,7-8,12H2,1-6H3,(H,21,24)/b16-10-. The van der Waals surface area contributed by atoms with E-state index in [1.54, 1.807) is 13.2 Å². The highest BCUT2D eigenvalue weighted by Gasteiger charge is 2.23. The fourth-order valence-corrected chi connectivity index (χ4v) is 2.40. The zero-order valence-electron chi connectivity index (χ0n) is 16.0. The van der Waals surface area contributed by atoms with Crippen LogP contribution in [-0.2, 0) is 16.1 Å². The van der Waals surface area contributed by atoms with Crippen LogP contribution in [0, 0.1) is 30.6 Å². The summed E-state index contributed by atoms with van der Waals surface area (Å²) in [5.74, 6) is -0.479. The molecule has 2 N–H and O–H groups in total. The summed E-state index contributed by atoms with van der Waals surface area (Å²) in [7, 11) is 1.65. The average molecular weight is 347 g/mol. The van der Waals surface area contributed by atoms with Gasteiger partial charge in [-0.15, -0.1) is 0 Å². The number of aliphatic hydroxyl groups excluding tert-OH is 1. The van der Waals surface area contributed by atoms with E-state index in [1.807, 2.05) is 46.8 Å². The minimum Gasteiger partial charge on any atom is -0.391 e.